The summed E-state index contributed by atoms with van der Waals surface area (Å²) < 4.78 is 0. The number of nitrogens with zero attached hydrogens (tertiary/aromatic N) is 1. The molecule has 3 N–H and O–H groups in total. The van der Waals surface area contributed by atoms with Crippen LogP contribution in [0.15, 0.2) is 47.2 Å². The lowest BCUT2D eigenvalue weighted by atomic mass is 10.0. The summed E-state index contributed by atoms with van der Waals surface area (Å²) in [5.41, 5.74) is 9.07. The van der Waals surface area contributed by atoms with Crippen molar-refractivity contribution in [3.8, 4) is 0 Å². The van der Waals surface area contributed by atoms with Gasteiger partial charge in [0.1, 0.15) is 6.04 Å². The minimum absolute atomic E-state index is 0.120. The number of hydrazine groups is 1. The van der Waals surface area contributed by atoms with Gasteiger partial charge in [0.25, 0.3) is 0 Å². The molecule has 1 amide bonds. The zero-order valence-electron chi connectivity index (χ0n) is 15.6. The van der Waals surface area contributed by atoms with Gasteiger partial charge in [-0.05, 0) is 60.2 Å². The number of nitrogens with one attached hydrogen (secondary N) is 3. The third-order valence-corrected chi connectivity index (χ3v) is 6.28. The fourth-order valence-electron chi connectivity index (χ4n) is 4.03. The van der Waals surface area contributed by atoms with E-state index in [0.29, 0.717) is 0 Å². The van der Waals surface area contributed by atoms with E-state index in [1.807, 2.05) is 0 Å². The molecule has 27 heavy (non-hydrogen) atoms. The maximum Gasteiger partial charge on any atom is 0.238 e. The zero-order chi connectivity index (χ0) is 18.5. The molecule has 3 heterocycles. The molecule has 0 saturated carbocycles. The molecule has 2 fully saturated rings. The lowest BCUT2D eigenvalue weighted by Crippen LogP contribution is -2.52. The van der Waals surface area contributed by atoms with Crippen LogP contribution in [0.25, 0.3) is 0 Å². The van der Waals surface area contributed by atoms with Crippen molar-refractivity contribution in [3.63, 3.8) is 0 Å². The summed E-state index contributed by atoms with van der Waals surface area (Å²) in [4.78, 5) is 15.2. The molecule has 3 atom stereocenters. The first-order chi connectivity index (χ1) is 13.3. The van der Waals surface area contributed by atoms with E-state index >= 15 is 0 Å². The van der Waals surface area contributed by atoms with E-state index in [1.165, 1.54) is 11.1 Å². The Morgan fingerprint density at radius 1 is 1.22 bits per heavy atom. The van der Waals surface area contributed by atoms with E-state index in [-0.39, 0.29) is 24.0 Å². The van der Waals surface area contributed by atoms with Crippen molar-refractivity contribution in [3.05, 3.63) is 58.3 Å². The molecule has 2 saturated heterocycles. The van der Waals surface area contributed by atoms with Crippen molar-refractivity contribution in [1.82, 2.24) is 21.1 Å². The normalized spacial score (nSPS) is 26.1. The standard InChI is InChI=1S/C21H28N4OS/c26-21(20-13-19(23-24-20)17-9-12-27-15-17)22-18-7-4-10-25(14-18)11-8-16-5-2-1-3-6-16/h1-3,5-6,9,12,15,18-20,23-24H,4,7-8,10-11,13-14H2,(H,22,26). The Labute approximate surface area is 165 Å². The molecule has 1 aromatic carbocycles. The average molecular weight is 385 g/mol. The van der Waals surface area contributed by atoms with Gasteiger partial charge in [0.2, 0.25) is 5.91 Å². The van der Waals surface area contributed by atoms with Gasteiger partial charge in [-0.25, -0.2) is 10.9 Å². The number of benzene rings is 1. The molecule has 2 aliphatic rings. The largest absolute Gasteiger partial charge is 0.351 e. The van der Waals surface area contributed by atoms with Gasteiger partial charge in [-0.1, -0.05) is 30.3 Å². The molecule has 2 aliphatic heterocycles. The Bertz CT molecular complexity index is 721. The van der Waals surface area contributed by atoms with Crippen LogP contribution >= 0.6 is 11.3 Å². The number of piperidine rings is 1. The Morgan fingerprint density at radius 3 is 2.93 bits per heavy atom. The predicted octanol–water partition coefficient (Wildman–Crippen LogP) is 2.48. The van der Waals surface area contributed by atoms with Crippen molar-refractivity contribution < 1.29 is 4.79 Å². The fraction of sp³-hybridized carbons (Fsp3) is 0.476. The van der Waals surface area contributed by atoms with Gasteiger partial charge >= 0.3 is 0 Å². The third kappa shape index (κ3) is 4.96. The van der Waals surface area contributed by atoms with Crippen LogP contribution in [-0.2, 0) is 11.2 Å². The topological polar surface area (TPSA) is 56.4 Å². The van der Waals surface area contributed by atoms with Crippen molar-refractivity contribution in [1.29, 1.82) is 0 Å². The molecular formula is C21H28N4OS. The molecule has 0 bridgehead atoms. The van der Waals surface area contributed by atoms with Crippen LogP contribution in [0.2, 0.25) is 0 Å². The summed E-state index contributed by atoms with van der Waals surface area (Å²) in [7, 11) is 0. The van der Waals surface area contributed by atoms with Crippen LogP contribution in [0.4, 0.5) is 0 Å². The predicted molar refractivity (Wildman–Crippen MR) is 109 cm³/mol. The van der Waals surface area contributed by atoms with Crippen molar-refractivity contribution >= 4 is 17.2 Å². The second-order valence-electron chi connectivity index (χ2n) is 7.57. The maximum atomic E-state index is 12.7. The van der Waals surface area contributed by atoms with Crippen LogP contribution in [0.1, 0.15) is 36.4 Å². The molecule has 0 radical (unpaired) electrons. The highest BCUT2D eigenvalue weighted by Crippen LogP contribution is 2.24. The Hall–Kier alpha value is -1.73. The number of thiophene rings is 1. The molecule has 3 unspecified atom stereocenters. The lowest BCUT2D eigenvalue weighted by Gasteiger charge is -2.33. The second kappa shape index (κ2) is 8.97. The SMILES string of the molecule is O=C(NC1CCCN(CCc2ccccc2)C1)C1CC(c2ccsc2)NN1. The van der Waals surface area contributed by atoms with Crippen molar-refractivity contribution in [2.75, 3.05) is 19.6 Å². The summed E-state index contributed by atoms with van der Waals surface area (Å²) in [6.07, 6.45) is 4.08. The Balaban J connectivity index is 1.23. The molecule has 0 spiro atoms. The van der Waals surface area contributed by atoms with Crippen LogP contribution in [0, 0.1) is 0 Å². The second-order valence-corrected chi connectivity index (χ2v) is 8.35. The summed E-state index contributed by atoms with van der Waals surface area (Å²) in [6.45, 7) is 3.13. The van der Waals surface area contributed by atoms with Gasteiger partial charge in [0, 0.05) is 25.2 Å². The number of rotatable bonds is 6. The van der Waals surface area contributed by atoms with Gasteiger partial charge in [-0.15, -0.1) is 0 Å². The van der Waals surface area contributed by atoms with Crippen molar-refractivity contribution in [2.24, 2.45) is 0 Å². The minimum Gasteiger partial charge on any atom is -0.351 e. The number of carbonyl (C=O) groups excluding carboxylic acids is 1. The van der Waals surface area contributed by atoms with Gasteiger partial charge < -0.3 is 10.2 Å². The Morgan fingerprint density at radius 2 is 2.11 bits per heavy atom. The number of hydrogen-bond acceptors (Lipinski definition) is 5. The molecule has 5 nitrogen and oxygen atoms in total. The molecule has 4 rings (SSSR count). The first-order valence-electron chi connectivity index (χ1n) is 9.88. The number of amides is 1. The lowest BCUT2D eigenvalue weighted by molar-refractivity contribution is -0.124. The number of hydrogen-bond donors (Lipinski definition) is 3. The van der Waals surface area contributed by atoms with Gasteiger partial charge in [-0.2, -0.15) is 11.3 Å². The van der Waals surface area contributed by atoms with Crippen LogP contribution < -0.4 is 16.2 Å². The van der Waals surface area contributed by atoms with E-state index in [4.69, 9.17) is 0 Å². The van der Waals surface area contributed by atoms with Crippen molar-refractivity contribution in [2.45, 2.75) is 43.8 Å². The zero-order valence-corrected chi connectivity index (χ0v) is 16.4. The minimum atomic E-state index is -0.158. The summed E-state index contributed by atoms with van der Waals surface area (Å²) in [5.74, 6) is 0.120. The Kier molecular flexibility index (Phi) is 6.19. The average Bonchev–Trinajstić information content (AvgIpc) is 3.39. The first-order valence-corrected chi connectivity index (χ1v) is 10.8. The molecule has 1 aromatic heterocycles. The quantitative estimate of drug-likeness (QED) is 0.716. The summed E-state index contributed by atoms with van der Waals surface area (Å²) >= 11 is 1.69. The smallest absolute Gasteiger partial charge is 0.238 e. The van der Waals surface area contributed by atoms with Gasteiger partial charge in [-0.3, -0.25) is 4.79 Å². The van der Waals surface area contributed by atoms with E-state index in [2.05, 4.69) is 68.2 Å². The highest BCUT2D eigenvalue weighted by molar-refractivity contribution is 7.07. The highest BCUT2D eigenvalue weighted by Gasteiger charge is 2.32. The summed E-state index contributed by atoms with van der Waals surface area (Å²) in [6, 6.07) is 13.1. The molecule has 2 aromatic rings. The molecule has 144 valence electrons. The highest BCUT2D eigenvalue weighted by atomic mass is 32.1. The van der Waals surface area contributed by atoms with E-state index in [0.717, 1.165) is 45.3 Å². The fourth-order valence-corrected chi connectivity index (χ4v) is 4.74. The number of carbonyl (C=O) groups is 1. The van der Waals surface area contributed by atoms with Crippen LogP contribution in [-0.4, -0.2) is 42.5 Å². The van der Waals surface area contributed by atoms with E-state index in [9.17, 15) is 4.79 Å². The molecular weight excluding hydrogens is 356 g/mol. The van der Waals surface area contributed by atoms with Gasteiger partial charge in [0.15, 0.2) is 0 Å². The van der Waals surface area contributed by atoms with Crippen LogP contribution in [0.5, 0.6) is 0 Å². The molecule has 0 aliphatic carbocycles. The molecule has 6 heteroatoms. The monoisotopic (exact) mass is 384 g/mol. The van der Waals surface area contributed by atoms with E-state index < -0.39 is 0 Å². The van der Waals surface area contributed by atoms with E-state index in [1.54, 1.807) is 11.3 Å². The summed E-state index contributed by atoms with van der Waals surface area (Å²) in [5, 5.41) is 7.50. The maximum absolute atomic E-state index is 12.7. The first kappa shape index (κ1) is 18.6. The number of likely N-dealkylation sites (tertiary alicyclic amines) is 1. The third-order valence-electron chi connectivity index (χ3n) is 5.58. The van der Waals surface area contributed by atoms with Gasteiger partial charge in [0.05, 0.1) is 0 Å². The van der Waals surface area contributed by atoms with Crippen LogP contribution in [0.3, 0.4) is 0 Å².